The second kappa shape index (κ2) is 5.68. The zero-order valence-corrected chi connectivity index (χ0v) is 13.0. The van der Waals surface area contributed by atoms with E-state index in [0.717, 1.165) is 25.0 Å². The Morgan fingerprint density at radius 1 is 1.29 bits per heavy atom. The highest BCUT2D eigenvalue weighted by Gasteiger charge is 2.17. The molecule has 21 heavy (non-hydrogen) atoms. The van der Waals surface area contributed by atoms with Crippen LogP contribution in [0.1, 0.15) is 37.9 Å². The summed E-state index contributed by atoms with van der Waals surface area (Å²) < 4.78 is 21.4. The van der Waals surface area contributed by atoms with Crippen LogP contribution in [0.5, 0.6) is 5.75 Å². The fourth-order valence-corrected chi connectivity index (χ4v) is 2.83. The van der Waals surface area contributed by atoms with Gasteiger partial charge in [0.25, 0.3) is 0 Å². The van der Waals surface area contributed by atoms with Crippen LogP contribution in [-0.4, -0.2) is 15.9 Å². The largest absolute Gasteiger partial charge is 0.489 e. The molecule has 0 saturated carbocycles. The van der Waals surface area contributed by atoms with Crippen LogP contribution in [0.3, 0.4) is 0 Å². The third kappa shape index (κ3) is 2.91. The predicted octanol–water partition coefficient (Wildman–Crippen LogP) is 4.33. The molecule has 1 aliphatic rings. The first-order valence-electron chi connectivity index (χ1n) is 7.28. The monoisotopic (exact) mass is 308 g/mol. The van der Waals surface area contributed by atoms with Gasteiger partial charge in [-0.25, -0.2) is 9.07 Å². The standard InChI is InChI=1S/C16H18ClFN2O/c1-10(2)21-16-8-15(13(18)7-12(16)17)20-9-11-5-3-4-6-14(11)19-20/h7-10H,3-6H2,1-2H3. The van der Waals surface area contributed by atoms with Gasteiger partial charge in [0, 0.05) is 12.3 Å². The normalized spacial score (nSPS) is 14.3. The molecule has 1 aromatic carbocycles. The summed E-state index contributed by atoms with van der Waals surface area (Å²) in [5.74, 6) is 0.0903. The predicted molar refractivity (Wildman–Crippen MR) is 80.9 cm³/mol. The van der Waals surface area contributed by atoms with Gasteiger partial charge >= 0.3 is 0 Å². The van der Waals surface area contributed by atoms with Crippen LogP contribution >= 0.6 is 11.6 Å². The maximum atomic E-state index is 14.2. The van der Waals surface area contributed by atoms with Crippen molar-refractivity contribution in [1.29, 1.82) is 0 Å². The second-order valence-electron chi connectivity index (χ2n) is 5.65. The Bertz CT molecular complexity index is 643. The van der Waals surface area contributed by atoms with E-state index in [9.17, 15) is 4.39 Å². The van der Waals surface area contributed by atoms with E-state index in [0.29, 0.717) is 11.4 Å². The summed E-state index contributed by atoms with van der Waals surface area (Å²) in [5, 5.41) is 4.79. The Morgan fingerprint density at radius 3 is 2.76 bits per heavy atom. The van der Waals surface area contributed by atoms with Crippen molar-refractivity contribution in [3.05, 3.63) is 40.4 Å². The number of aromatic nitrogens is 2. The van der Waals surface area contributed by atoms with E-state index in [2.05, 4.69) is 5.10 Å². The molecule has 3 nitrogen and oxygen atoms in total. The summed E-state index contributed by atoms with van der Waals surface area (Å²) in [5.41, 5.74) is 2.66. The lowest BCUT2D eigenvalue weighted by Gasteiger charge is -2.13. The lowest BCUT2D eigenvalue weighted by Crippen LogP contribution is -2.08. The summed E-state index contributed by atoms with van der Waals surface area (Å²) >= 11 is 6.04. The Hall–Kier alpha value is -1.55. The van der Waals surface area contributed by atoms with Gasteiger partial charge in [0.05, 0.1) is 16.8 Å². The molecule has 1 aromatic heterocycles. The smallest absolute Gasteiger partial charge is 0.150 e. The molecule has 0 spiro atoms. The van der Waals surface area contributed by atoms with Crippen molar-refractivity contribution in [2.24, 2.45) is 0 Å². The third-order valence-corrected chi connectivity index (χ3v) is 3.89. The van der Waals surface area contributed by atoms with Crippen LogP contribution in [-0.2, 0) is 12.8 Å². The Kier molecular flexibility index (Phi) is 3.89. The van der Waals surface area contributed by atoms with Gasteiger partial charge in [-0.2, -0.15) is 5.10 Å². The molecular weight excluding hydrogens is 291 g/mol. The Morgan fingerprint density at radius 2 is 2.05 bits per heavy atom. The molecular formula is C16H18ClFN2O. The van der Waals surface area contributed by atoms with Crippen LogP contribution in [0.4, 0.5) is 4.39 Å². The highest BCUT2D eigenvalue weighted by Crippen LogP contribution is 2.31. The molecule has 0 bridgehead atoms. The van der Waals surface area contributed by atoms with Gasteiger partial charge in [0.1, 0.15) is 11.4 Å². The average molecular weight is 309 g/mol. The quantitative estimate of drug-likeness (QED) is 0.844. The van der Waals surface area contributed by atoms with Gasteiger partial charge in [-0.05, 0) is 51.2 Å². The summed E-state index contributed by atoms with van der Waals surface area (Å²) in [6, 6.07) is 2.91. The van der Waals surface area contributed by atoms with Crippen molar-refractivity contribution in [1.82, 2.24) is 9.78 Å². The highest BCUT2D eigenvalue weighted by atomic mass is 35.5. The minimum absolute atomic E-state index is 0.0216. The van der Waals surface area contributed by atoms with Crippen molar-refractivity contribution < 1.29 is 9.13 Å². The van der Waals surface area contributed by atoms with Gasteiger partial charge < -0.3 is 4.74 Å². The molecule has 0 saturated heterocycles. The lowest BCUT2D eigenvalue weighted by molar-refractivity contribution is 0.242. The zero-order chi connectivity index (χ0) is 15.0. The molecule has 0 atom stereocenters. The molecule has 1 heterocycles. The molecule has 2 aromatic rings. The fourth-order valence-electron chi connectivity index (χ4n) is 2.63. The van der Waals surface area contributed by atoms with Crippen LogP contribution in [0.2, 0.25) is 5.02 Å². The molecule has 3 rings (SSSR count). The minimum atomic E-state index is -0.393. The molecule has 0 radical (unpaired) electrons. The van der Waals surface area contributed by atoms with Gasteiger partial charge in [-0.1, -0.05) is 11.6 Å². The van der Waals surface area contributed by atoms with Gasteiger partial charge in [-0.3, -0.25) is 0 Å². The Labute approximate surface area is 128 Å². The molecule has 0 unspecified atom stereocenters. The van der Waals surface area contributed by atoms with E-state index in [4.69, 9.17) is 16.3 Å². The van der Waals surface area contributed by atoms with E-state index < -0.39 is 5.82 Å². The molecule has 5 heteroatoms. The SMILES string of the molecule is CC(C)Oc1cc(-n2cc3c(n2)CCCC3)c(F)cc1Cl. The lowest BCUT2D eigenvalue weighted by atomic mass is 9.99. The van der Waals surface area contributed by atoms with Crippen LogP contribution in [0.15, 0.2) is 18.3 Å². The average Bonchev–Trinajstić information content (AvgIpc) is 2.84. The van der Waals surface area contributed by atoms with Gasteiger partial charge in [0.15, 0.2) is 5.82 Å². The summed E-state index contributed by atoms with van der Waals surface area (Å²) in [6.07, 6.45) is 6.19. The van der Waals surface area contributed by atoms with Crippen molar-refractivity contribution in [2.45, 2.75) is 45.6 Å². The maximum absolute atomic E-state index is 14.2. The molecule has 1 aliphatic carbocycles. The van der Waals surface area contributed by atoms with Crippen molar-refractivity contribution >= 4 is 11.6 Å². The van der Waals surface area contributed by atoms with Gasteiger partial charge in [0.2, 0.25) is 0 Å². The third-order valence-electron chi connectivity index (χ3n) is 3.60. The maximum Gasteiger partial charge on any atom is 0.150 e. The number of benzene rings is 1. The van der Waals surface area contributed by atoms with Crippen LogP contribution < -0.4 is 4.74 Å². The number of hydrogen-bond acceptors (Lipinski definition) is 2. The van der Waals surface area contributed by atoms with Crippen molar-refractivity contribution in [3.63, 3.8) is 0 Å². The first-order chi connectivity index (χ1) is 10.0. The molecule has 0 amide bonds. The zero-order valence-electron chi connectivity index (χ0n) is 12.2. The van der Waals surface area contributed by atoms with Crippen molar-refractivity contribution in [3.8, 4) is 11.4 Å². The van der Waals surface area contributed by atoms with Crippen LogP contribution in [0, 0.1) is 5.82 Å². The summed E-state index contributed by atoms with van der Waals surface area (Å²) in [4.78, 5) is 0. The number of nitrogens with zero attached hydrogens (tertiary/aromatic N) is 2. The van der Waals surface area contributed by atoms with E-state index >= 15 is 0 Å². The summed E-state index contributed by atoms with van der Waals surface area (Å²) in [7, 11) is 0. The molecule has 0 aliphatic heterocycles. The van der Waals surface area contributed by atoms with E-state index in [1.807, 2.05) is 20.0 Å². The second-order valence-corrected chi connectivity index (χ2v) is 6.06. The minimum Gasteiger partial charge on any atom is -0.489 e. The topological polar surface area (TPSA) is 27.1 Å². The molecule has 112 valence electrons. The number of ether oxygens (including phenoxy) is 1. The molecule has 0 fully saturated rings. The number of aryl methyl sites for hydroxylation is 2. The highest BCUT2D eigenvalue weighted by molar-refractivity contribution is 6.32. The van der Waals surface area contributed by atoms with Crippen molar-refractivity contribution in [2.75, 3.05) is 0 Å². The fraction of sp³-hybridized carbons (Fsp3) is 0.438. The first kappa shape index (κ1) is 14.4. The van der Waals surface area contributed by atoms with E-state index in [1.165, 1.54) is 18.1 Å². The Balaban J connectivity index is 2.02. The van der Waals surface area contributed by atoms with Gasteiger partial charge in [-0.15, -0.1) is 0 Å². The first-order valence-corrected chi connectivity index (χ1v) is 7.66. The number of halogens is 2. The number of fused-ring (bicyclic) bond motifs is 1. The van der Waals surface area contributed by atoms with E-state index in [1.54, 1.807) is 10.7 Å². The van der Waals surface area contributed by atoms with Crippen LogP contribution in [0.25, 0.3) is 5.69 Å². The number of rotatable bonds is 3. The van der Waals surface area contributed by atoms with E-state index in [-0.39, 0.29) is 11.1 Å². The molecule has 0 N–H and O–H groups in total. The summed E-state index contributed by atoms with van der Waals surface area (Å²) in [6.45, 7) is 3.82. The number of hydrogen-bond donors (Lipinski definition) is 0.